The lowest BCUT2D eigenvalue weighted by Gasteiger charge is -2.35. The fourth-order valence-corrected chi connectivity index (χ4v) is 3.89. The summed E-state index contributed by atoms with van der Waals surface area (Å²) >= 11 is 5.16. The fraction of sp³-hybridized carbons (Fsp3) is 0.929. The van der Waals surface area contributed by atoms with E-state index in [0.717, 1.165) is 0 Å². The van der Waals surface area contributed by atoms with Crippen LogP contribution < -0.4 is 5.32 Å². The zero-order chi connectivity index (χ0) is 15.8. The Morgan fingerprint density at radius 2 is 1.82 bits per heavy atom. The summed E-state index contributed by atoms with van der Waals surface area (Å²) in [6.45, 7) is 8.30. The maximum absolute atomic E-state index is 6.13. The van der Waals surface area contributed by atoms with E-state index in [1.54, 1.807) is 0 Å². The Hall–Kier alpha value is -0.510. The second-order valence-corrected chi connectivity index (χ2v) is 7.46. The van der Waals surface area contributed by atoms with Crippen LogP contribution in [0.15, 0.2) is 0 Å². The summed E-state index contributed by atoms with van der Waals surface area (Å²) in [6, 6.07) is 0. The van der Waals surface area contributed by atoms with Gasteiger partial charge in [0.05, 0.1) is 6.61 Å². The highest BCUT2D eigenvalue weighted by atomic mass is 32.1. The molecule has 1 unspecified atom stereocenters. The zero-order valence-corrected chi connectivity index (χ0v) is 13.9. The third kappa shape index (κ3) is 2.16. The first-order chi connectivity index (χ1) is 10.2. The number of hydrogen-bond donors (Lipinski definition) is 1. The van der Waals surface area contributed by atoms with Crippen LogP contribution >= 0.6 is 12.2 Å². The molecule has 0 amide bonds. The van der Waals surface area contributed by atoms with Crippen molar-refractivity contribution in [3.8, 4) is 0 Å². The zero-order valence-electron chi connectivity index (χ0n) is 13.1. The van der Waals surface area contributed by atoms with Gasteiger partial charge in [-0.05, 0) is 39.9 Å². The van der Waals surface area contributed by atoms with Crippen molar-refractivity contribution in [2.45, 2.75) is 69.4 Å². The summed E-state index contributed by atoms with van der Waals surface area (Å²) < 4.78 is 35.2. The average molecular weight is 331 g/mol. The highest BCUT2D eigenvalue weighted by molar-refractivity contribution is 7.80. The Morgan fingerprint density at radius 1 is 1.05 bits per heavy atom. The smallest absolute Gasteiger partial charge is 0.257 e. The van der Waals surface area contributed by atoms with Gasteiger partial charge in [0.25, 0.3) is 5.17 Å². The highest BCUT2D eigenvalue weighted by Crippen LogP contribution is 2.47. The Balaban J connectivity index is 1.64. The SMILES string of the molecule is CC1(C)OCC([C@H]2O[C@@H]3OC(C)(C)O[C@@H]3[C@]23COC(=S)N3)O1. The number of hydrogen-bond acceptors (Lipinski definition) is 7. The molecule has 124 valence electrons. The Kier molecular flexibility index (Phi) is 3.09. The summed E-state index contributed by atoms with van der Waals surface area (Å²) in [5.41, 5.74) is -0.621. The lowest BCUT2D eigenvalue weighted by atomic mass is 9.87. The third-order valence-corrected chi connectivity index (χ3v) is 4.72. The van der Waals surface area contributed by atoms with E-state index >= 15 is 0 Å². The normalized spacial score (nSPS) is 48.5. The Labute approximate surface area is 134 Å². The molecule has 4 heterocycles. The van der Waals surface area contributed by atoms with Crippen LogP contribution in [-0.2, 0) is 28.4 Å². The summed E-state index contributed by atoms with van der Waals surface area (Å²) in [5.74, 6) is -1.33. The molecule has 4 fully saturated rings. The van der Waals surface area contributed by atoms with Crippen LogP contribution in [0.3, 0.4) is 0 Å². The Bertz CT molecular complexity index is 512. The molecule has 4 aliphatic rings. The molecule has 0 radical (unpaired) electrons. The molecule has 0 aromatic rings. The van der Waals surface area contributed by atoms with Gasteiger partial charge in [0.2, 0.25) is 0 Å². The largest absolute Gasteiger partial charge is 0.468 e. The van der Waals surface area contributed by atoms with Crippen molar-refractivity contribution in [3.63, 3.8) is 0 Å². The molecule has 22 heavy (non-hydrogen) atoms. The second kappa shape index (κ2) is 4.52. The van der Waals surface area contributed by atoms with Gasteiger partial charge in [0.15, 0.2) is 17.9 Å². The van der Waals surface area contributed by atoms with E-state index in [1.807, 2.05) is 27.7 Å². The molecule has 1 spiro atoms. The standard InChI is InChI=1S/C14H21NO6S/c1-12(2)17-5-7(19-12)8-14(6-16-11(22)15-14)9-10(18-8)21-13(3,4)20-9/h7-10H,5-6H2,1-4H3,(H,15,22)/t7?,8-,9+,10-,14+/m1/s1. The van der Waals surface area contributed by atoms with Gasteiger partial charge in [-0.15, -0.1) is 0 Å². The van der Waals surface area contributed by atoms with Gasteiger partial charge in [-0.1, -0.05) is 0 Å². The van der Waals surface area contributed by atoms with Crippen molar-refractivity contribution in [3.05, 3.63) is 0 Å². The first-order valence-electron chi connectivity index (χ1n) is 7.49. The fourth-order valence-electron chi connectivity index (χ4n) is 3.64. The quantitative estimate of drug-likeness (QED) is 0.703. The van der Waals surface area contributed by atoms with Crippen LogP contribution in [-0.4, -0.2) is 60.1 Å². The molecule has 1 N–H and O–H groups in total. The molecule has 0 aromatic heterocycles. The van der Waals surface area contributed by atoms with Crippen molar-refractivity contribution in [2.24, 2.45) is 0 Å². The van der Waals surface area contributed by atoms with Crippen LogP contribution in [0.5, 0.6) is 0 Å². The molecule has 8 heteroatoms. The van der Waals surface area contributed by atoms with E-state index in [0.29, 0.717) is 18.4 Å². The van der Waals surface area contributed by atoms with Crippen LogP contribution in [0.1, 0.15) is 27.7 Å². The maximum Gasteiger partial charge on any atom is 0.257 e. The predicted molar refractivity (Wildman–Crippen MR) is 78.0 cm³/mol. The first-order valence-corrected chi connectivity index (χ1v) is 7.89. The number of thiocarbonyl (C=S) groups is 1. The molecule has 0 aromatic carbocycles. The molecule has 4 rings (SSSR count). The lowest BCUT2D eigenvalue weighted by molar-refractivity contribution is -0.230. The van der Waals surface area contributed by atoms with Crippen molar-refractivity contribution in [2.75, 3.05) is 13.2 Å². The number of ether oxygens (including phenoxy) is 6. The van der Waals surface area contributed by atoms with Crippen LogP contribution in [0.2, 0.25) is 0 Å². The first kappa shape index (κ1) is 15.0. The molecule has 0 saturated carbocycles. The third-order valence-electron chi connectivity index (χ3n) is 4.50. The monoisotopic (exact) mass is 331 g/mol. The molecular formula is C14H21NO6S. The van der Waals surface area contributed by atoms with Gasteiger partial charge in [-0.3, -0.25) is 0 Å². The minimum atomic E-state index is -0.703. The minimum absolute atomic E-state index is 0.243. The molecule has 7 nitrogen and oxygen atoms in total. The van der Waals surface area contributed by atoms with E-state index in [9.17, 15) is 0 Å². The van der Waals surface area contributed by atoms with E-state index in [-0.39, 0.29) is 18.3 Å². The number of nitrogens with one attached hydrogen (secondary N) is 1. The van der Waals surface area contributed by atoms with Gasteiger partial charge < -0.3 is 33.7 Å². The van der Waals surface area contributed by atoms with Crippen LogP contribution in [0.4, 0.5) is 0 Å². The van der Waals surface area contributed by atoms with E-state index in [1.165, 1.54) is 0 Å². The maximum atomic E-state index is 6.13. The van der Waals surface area contributed by atoms with E-state index < -0.39 is 23.4 Å². The predicted octanol–water partition coefficient (Wildman–Crippen LogP) is 0.658. The average Bonchev–Trinajstić information content (AvgIpc) is 3.07. The van der Waals surface area contributed by atoms with Gasteiger partial charge in [0, 0.05) is 0 Å². The topological polar surface area (TPSA) is 67.4 Å². The molecule has 5 atom stereocenters. The van der Waals surface area contributed by atoms with E-state index in [2.05, 4.69) is 5.32 Å². The van der Waals surface area contributed by atoms with Crippen molar-refractivity contribution >= 4 is 17.4 Å². The van der Waals surface area contributed by atoms with Crippen molar-refractivity contribution in [1.82, 2.24) is 5.32 Å². The number of fused-ring (bicyclic) bond motifs is 2. The summed E-state index contributed by atoms with van der Waals surface area (Å²) in [7, 11) is 0. The second-order valence-electron chi connectivity index (χ2n) is 7.09. The molecule has 4 aliphatic heterocycles. The van der Waals surface area contributed by atoms with E-state index in [4.69, 9.17) is 40.6 Å². The number of rotatable bonds is 1. The molecule has 0 bridgehead atoms. The highest BCUT2D eigenvalue weighted by Gasteiger charge is 2.69. The summed E-state index contributed by atoms with van der Waals surface area (Å²) in [4.78, 5) is 0. The molecule has 0 aliphatic carbocycles. The van der Waals surface area contributed by atoms with Gasteiger partial charge in [-0.2, -0.15) is 0 Å². The Morgan fingerprint density at radius 3 is 2.41 bits per heavy atom. The summed E-state index contributed by atoms with van der Waals surface area (Å²) in [5, 5.41) is 3.58. The van der Waals surface area contributed by atoms with Gasteiger partial charge in [0.1, 0.15) is 30.5 Å². The van der Waals surface area contributed by atoms with Crippen molar-refractivity contribution in [1.29, 1.82) is 0 Å². The van der Waals surface area contributed by atoms with Crippen LogP contribution in [0, 0.1) is 0 Å². The summed E-state index contributed by atoms with van der Waals surface area (Å²) in [6.07, 6.45) is -1.38. The van der Waals surface area contributed by atoms with Gasteiger partial charge in [-0.25, -0.2) is 0 Å². The lowest BCUT2D eigenvalue weighted by Crippen LogP contribution is -2.62. The van der Waals surface area contributed by atoms with Crippen LogP contribution in [0.25, 0.3) is 0 Å². The van der Waals surface area contributed by atoms with Gasteiger partial charge >= 0.3 is 0 Å². The van der Waals surface area contributed by atoms with Crippen molar-refractivity contribution < 1.29 is 28.4 Å². The molecular weight excluding hydrogens is 310 g/mol. The minimum Gasteiger partial charge on any atom is -0.468 e. The molecule has 4 saturated heterocycles.